The van der Waals surface area contributed by atoms with Crippen LogP contribution in [0.3, 0.4) is 0 Å². The summed E-state index contributed by atoms with van der Waals surface area (Å²) in [6.07, 6.45) is 2.92. The van der Waals surface area contributed by atoms with Crippen LogP contribution in [0, 0.1) is 5.92 Å². The van der Waals surface area contributed by atoms with E-state index >= 15 is 0 Å². The van der Waals surface area contributed by atoms with E-state index in [0.717, 1.165) is 10.6 Å². The first-order valence-electron chi connectivity index (χ1n) is 9.37. The molecule has 0 unspecified atom stereocenters. The van der Waals surface area contributed by atoms with Gasteiger partial charge in [0.1, 0.15) is 0 Å². The van der Waals surface area contributed by atoms with Crippen molar-refractivity contribution >= 4 is 39.2 Å². The summed E-state index contributed by atoms with van der Waals surface area (Å²) in [6, 6.07) is 13.6. The van der Waals surface area contributed by atoms with Crippen LogP contribution in [0.1, 0.15) is 30.1 Å². The lowest BCUT2D eigenvalue weighted by atomic mass is 9.97. The summed E-state index contributed by atoms with van der Waals surface area (Å²) in [5, 5.41) is 2.94. The zero-order valence-corrected chi connectivity index (χ0v) is 18.1. The lowest BCUT2D eigenvalue weighted by Crippen LogP contribution is -2.41. The predicted molar refractivity (Wildman–Crippen MR) is 115 cm³/mol. The number of thioether (sulfide) groups is 1. The van der Waals surface area contributed by atoms with Gasteiger partial charge < -0.3 is 5.32 Å². The quantitative estimate of drug-likeness (QED) is 0.556. The minimum atomic E-state index is -3.63. The summed E-state index contributed by atoms with van der Waals surface area (Å²) in [7, 11) is -3.63. The Kier molecular flexibility index (Phi) is 6.77. The van der Waals surface area contributed by atoms with Crippen molar-refractivity contribution in [3.05, 3.63) is 54.1 Å². The Labute approximate surface area is 175 Å². The van der Waals surface area contributed by atoms with Crippen LogP contribution in [0.4, 0.5) is 5.69 Å². The molecule has 8 heteroatoms. The second-order valence-electron chi connectivity index (χ2n) is 6.98. The monoisotopic (exact) mass is 432 g/mol. The maximum Gasteiger partial charge on any atom is 0.243 e. The smallest absolute Gasteiger partial charge is 0.243 e. The summed E-state index contributed by atoms with van der Waals surface area (Å²) >= 11 is 1.61. The van der Waals surface area contributed by atoms with Crippen molar-refractivity contribution in [2.75, 3.05) is 24.7 Å². The molecular weight excluding hydrogens is 408 g/mol. The zero-order chi connectivity index (χ0) is 21.0. The maximum absolute atomic E-state index is 12.8. The van der Waals surface area contributed by atoms with Crippen LogP contribution in [0.25, 0.3) is 0 Å². The number of Topliss-reactive ketones (excluding diaryl/α,β-unsaturated/α-hetero) is 1. The van der Waals surface area contributed by atoms with Crippen LogP contribution >= 0.6 is 11.8 Å². The fourth-order valence-corrected chi connectivity index (χ4v) is 5.24. The second-order valence-corrected chi connectivity index (χ2v) is 9.80. The molecular formula is C21H24N2O4S2. The van der Waals surface area contributed by atoms with Crippen LogP contribution in [0.5, 0.6) is 0 Å². The summed E-state index contributed by atoms with van der Waals surface area (Å²) in [6.45, 7) is 2.02. The topological polar surface area (TPSA) is 83.6 Å². The van der Waals surface area contributed by atoms with Gasteiger partial charge in [-0.05, 0) is 56.4 Å². The Hall–Kier alpha value is -2.16. The van der Waals surface area contributed by atoms with E-state index in [9.17, 15) is 18.0 Å². The third kappa shape index (κ3) is 5.07. The van der Waals surface area contributed by atoms with Gasteiger partial charge in [0.25, 0.3) is 0 Å². The molecule has 3 rings (SSSR count). The molecule has 29 heavy (non-hydrogen) atoms. The molecule has 1 saturated heterocycles. The molecule has 1 aliphatic rings. The number of benzene rings is 2. The minimum absolute atomic E-state index is 0.0777. The van der Waals surface area contributed by atoms with E-state index in [1.165, 1.54) is 35.5 Å². The summed E-state index contributed by atoms with van der Waals surface area (Å²) in [4.78, 5) is 25.2. The van der Waals surface area contributed by atoms with E-state index in [0.29, 0.717) is 31.5 Å². The van der Waals surface area contributed by atoms with Crippen molar-refractivity contribution in [2.45, 2.75) is 29.6 Å². The van der Waals surface area contributed by atoms with Gasteiger partial charge in [0.05, 0.1) is 4.90 Å². The molecule has 1 aliphatic heterocycles. The fourth-order valence-electron chi connectivity index (χ4n) is 3.31. The maximum atomic E-state index is 12.8. The van der Waals surface area contributed by atoms with Gasteiger partial charge in [0, 0.05) is 35.2 Å². The number of hydrogen-bond donors (Lipinski definition) is 1. The van der Waals surface area contributed by atoms with Gasteiger partial charge in [0.15, 0.2) is 5.78 Å². The van der Waals surface area contributed by atoms with Gasteiger partial charge in [-0.25, -0.2) is 8.42 Å². The molecule has 0 atom stereocenters. The largest absolute Gasteiger partial charge is 0.326 e. The van der Waals surface area contributed by atoms with E-state index in [-0.39, 0.29) is 22.5 Å². The highest BCUT2D eigenvalue weighted by molar-refractivity contribution is 7.98. The van der Waals surface area contributed by atoms with Crippen molar-refractivity contribution in [2.24, 2.45) is 5.92 Å². The SMILES string of the molecule is CSc1cccc(NC(=O)C2CCN(S(=O)(=O)c3ccc(C(C)=O)cc3)CC2)c1. The van der Waals surface area contributed by atoms with E-state index < -0.39 is 10.0 Å². The van der Waals surface area contributed by atoms with Crippen molar-refractivity contribution in [1.82, 2.24) is 4.31 Å². The van der Waals surface area contributed by atoms with Crippen LogP contribution in [-0.2, 0) is 14.8 Å². The Morgan fingerprint density at radius 1 is 1.07 bits per heavy atom. The number of rotatable bonds is 6. The molecule has 0 aromatic heterocycles. The Morgan fingerprint density at radius 3 is 2.31 bits per heavy atom. The highest BCUT2D eigenvalue weighted by Crippen LogP contribution is 2.26. The number of ketones is 1. The number of hydrogen-bond acceptors (Lipinski definition) is 5. The second kappa shape index (κ2) is 9.11. The molecule has 6 nitrogen and oxygen atoms in total. The lowest BCUT2D eigenvalue weighted by molar-refractivity contribution is -0.120. The molecule has 0 saturated carbocycles. The van der Waals surface area contributed by atoms with E-state index in [1.54, 1.807) is 11.8 Å². The molecule has 1 amide bonds. The Balaban J connectivity index is 1.61. The number of piperidine rings is 1. The van der Waals surface area contributed by atoms with Gasteiger partial charge in [-0.3, -0.25) is 9.59 Å². The van der Waals surface area contributed by atoms with Crippen LogP contribution in [0.2, 0.25) is 0 Å². The molecule has 0 spiro atoms. The molecule has 154 valence electrons. The molecule has 1 N–H and O–H groups in total. The van der Waals surface area contributed by atoms with Crippen molar-refractivity contribution in [3.8, 4) is 0 Å². The van der Waals surface area contributed by atoms with E-state index in [1.807, 2.05) is 30.5 Å². The standard InChI is InChI=1S/C21H24N2O4S2/c1-15(24)16-6-8-20(9-7-16)29(26,27)23-12-10-17(11-13-23)21(25)22-18-4-3-5-19(14-18)28-2/h3-9,14,17H,10-13H2,1-2H3,(H,22,25). The number of carbonyl (C=O) groups is 2. The average molecular weight is 433 g/mol. The first kappa shape index (κ1) is 21.5. The van der Waals surface area contributed by atoms with Gasteiger partial charge in [-0.15, -0.1) is 11.8 Å². The Bertz CT molecular complexity index is 996. The number of nitrogens with one attached hydrogen (secondary N) is 1. The number of nitrogens with zero attached hydrogens (tertiary/aromatic N) is 1. The first-order valence-corrected chi connectivity index (χ1v) is 12.0. The van der Waals surface area contributed by atoms with E-state index in [4.69, 9.17) is 0 Å². The molecule has 2 aromatic carbocycles. The normalized spacial score (nSPS) is 15.8. The zero-order valence-electron chi connectivity index (χ0n) is 16.4. The summed E-state index contributed by atoms with van der Waals surface area (Å²) in [5.74, 6) is -0.408. The van der Waals surface area contributed by atoms with Gasteiger partial charge in [-0.2, -0.15) is 4.31 Å². The average Bonchev–Trinajstić information content (AvgIpc) is 2.74. The van der Waals surface area contributed by atoms with Crippen LogP contribution in [-0.4, -0.2) is 43.8 Å². The van der Waals surface area contributed by atoms with Crippen molar-refractivity contribution < 1.29 is 18.0 Å². The number of carbonyl (C=O) groups excluding carboxylic acids is 2. The third-order valence-electron chi connectivity index (χ3n) is 5.06. The van der Waals surface area contributed by atoms with Gasteiger partial charge >= 0.3 is 0 Å². The highest BCUT2D eigenvalue weighted by Gasteiger charge is 2.32. The minimum Gasteiger partial charge on any atom is -0.326 e. The Morgan fingerprint density at radius 2 is 1.72 bits per heavy atom. The molecule has 0 radical (unpaired) electrons. The third-order valence-corrected chi connectivity index (χ3v) is 7.70. The lowest BCUT2D eigenvalue weighted by Gasteiger charge is -2.30. The summed E-state index contributed by atoms with van der Waals surface area (Å²) in [5.41, 5.74) is 1.23. The molecule has 1 fully saturated rings. The van der Waals surface area contributed by atoms with Gasteiger partial charge in [0.2, 0.25) is 15.9 Å². The molecule has 1 heterocycles. The molecule has 0 aliphatic carbocycles. The highest BCUT2D eigenvalue weighted by atomic mass is 32.2. The number of anilines is 1. The summed E-state index contributed by atoms with van der Waals surface area (Å²) < 4.78 is 27.1. The van der Waals surface area contributed by atoms with Crippen molar-refractivity contribution in [1.29, 1.82) is 0 Å². The van der Waals surface area contributed by atoms with Crippen LogP contribution < -0.4 is 5.32 Å². The van der Waals surface area contributed by atoms with E-state index in [2.05, 4.69) is 5.32 Å². The fraction of sp³-hybridized carbons (Fsp3) is 0.333. The van der Waals surface area contributed by atoms with Crippen molar-refractivity contribution in [3.63, 3.8) is 0 Å². The van der Waals surface area contributed by atoms with Crippen LogP contribution in [0.15, 0.2) is 58.3 Å². The first-order chi connectivity index (χ1) is 13.8. The number of amides is 1. The molecule has 0 bridgehead atoms. The van der Waals surface area contributed by atoms with Gasteiger partial charge in [-0.1, -0.05) is 18.2 Å². The predicted octanol–water partition coefficient (Wildman–Crippen LogP) is 3.65. The number of sulfonamides is 1. The molecule has 2 aromatic rings.